The summed E-state index contributed by atoms with van der Waals surface area (Å²) in [5, 5.41) is 0. The number of benzene rings is 2. The fourth-order valence-corrected chi connectivity index (χ4v) is 2.05. The molecule has 0 saturated heterocycles. The van der Waals surface area contributed by atoms with Crippen molar-refractivity contribution in [1.82, 2.24) is 0 Å². The van der Waals surface area contributed by atoms with Crippen molar-refractivity contribution in [3.05, 3.63) is 60.2 Å². The summed E-state index contributed by atoms with van der Waals surface area (Å²) < 4.78 is 5.18. The molecular formula is C16H20N2O. The molecule has 0 saturated carbocycles. The van der Waals surface area contributed by atoms with Crippen LogP contribution < -0.4 is 15.4 Å². The molecule has 0 amide bonds. The molecule has 2 aromatic carbocycles. The van der Waals surface area contributed by atoms with Crippen LogP contribution in [0.4, 0.5) is 5.69 Å². The number of nitrogens with zero attached hydrogens (tertiary/aromatic N) is 1. The van der Waals surface area contributed by atoms with Crippen LogP contribution in [0.15, 0.2) is 54.6 Å². The molecule has 0 aliphatic heterocycles. The van der Waals surface area contributed by atoms with Crippen LogP contribution in [0.3, 0.4) is 0 Å². The summed E-state index contributed by atoms with van der Waals surface area (Å²) in [6.07, 6.45) is 0. The van der Waals surface area contributed by atoms with E-state index in [-0.39, 0.29) is 0 Å². The predicted molar refractivity (Wildman–Crippen MR) is 79.5 cm³/mol. The molecule has 2 rings (SSSR count). The van der Waals surface area contributed by atoms with Gasteiger partial charge in [0.1, 0.15) is 5.75 Å². The fraction of sp³-hybridized carbons (Fsp3) is 0.250. The summed E-state index contributed by atoms with van der Waals surface area (Å²) in [6.45, 7) is 2.34. The molecule has 0 spiro atoms. The first-order chi connectivity index (χ1) is 9.33. The molecule has 0 aliphatic rings. The quantitative estimate of drug-likeness (QED) is 0.863. The van der Waals surface area contributed by atoms with E-state index in [2.05, 4.69) is 41.3 Å². The topological polar surface area (TPSA) is 38.5 Å². The molecule has 100 valence electrons. The van der Waals surface area contributed by atoms with Crippen LogP contribution in [0.25, 0.3) is 0 Å². The van der Waals surface area contributed by atoms with Gasteiger partial charge in [-0.05, 0) is 29.8 Å². The first-order valence-corrected chi connectivity index (χ1v) is 6.46. The highest BCUT2D eigenvalue weighted by molar-refractivity contribution is 5.49. The van der Waals surface area contributed by atoms with Crippen LogP contribution in [0.5, 0.6) is 5.75 Å². The van der Waals surface area contributed by atoms with Crippen LogP contribution >= 0.6 is 0 Å². The van der Waals surface area contributed by atoms with Gasteiger partial charge in [0, 0.05) is 25.3 Å². The zero-order valence-electron chi connectivity index (χ0n) is 11.3. The van der Waals surface area contributed by atoms with E-state index in [0.29, 0.717) is 6.54 Å². The average molecular weight is 256 g/mol. The lowest BCUT2D eigenvalue weighted by Gasteiger charge is -2.24. The van der Waals surface area contributed by atoms with Crippen molar-refractivity contribution in [3.63, 3.8) is 0 Å². The van der Waals surface area contributed by atoms with Gasteiger partial charge in [-0.2, -0.15) is 0 Å². The second kappa shape index (κ2) is 6.81. The van der Waals surface area contributed by atoms with E-state index in [1.807, 2.05) is 18.2 Å². The van der Waals surface area contributed by atoms with Gasteiger partial charge < -0.3 is 15.4 Å². The first-order valence-electron chi connectivity index (χ1n) is 6.46. The summed E-state index contributed by atoms with van der Waals surface area (Å²) in [4.78, 5) is 2.27. The summed E-state index contributed by atoms with van der Waals surface area (Å²) in [7, 11) is 1.68. The van der Waals surface area contributed by atoms with Crippen molar-refractivity contribution >= 4 is 5.69 Å². The minimum atomic E-state index is 0.638. The second-order valence-electron chi connectivity index (χ2n) is 4.39. The highest BCUT2D eigenvalue weighted by Gasteiger charge is 2.06. The molecule has 3 heteroatoms. The molecule has 2 aromatic rings. The van der Waals surface area contributed by atoms with Crippen LogP contribution in [0.1, 0.15) is 5.56 Å². The summed E-state index contributed by atoms with van der Waals surface area (Å²) in [6, 6.07) is 18.5. The zero-order chi connectivity index (χ0) is 13.5. The predicted octanol–water partition coefficient (Wildman–Crippen LogP) is 2.66. The smallest absolute Gasteiger partial charge is 0.119 e. The van der Waals surface area contributed by atoms with E-state index in [4.69, 9.17) is 10.5 Å². The Morgan fingerprint density at radius 3 is 2.26 bits per heavy atom. The van der Waals surface area contributed by atoms with Crippen molar-refractivity contribution in [1.29, 1.82) is 0 Å². The Bertz CT molecular complexity index is 482. The number of hydrogen-bond donors (Lipinski definition) is 1. The van der Waals surface area contributed by atoms with E-state index in [1.165, 1.54) is 5.56 Å². The van der Waals surface area contributed by atoms with Crippen LogP contribution in [0, 0.1) is 0 Å². The van der Waals surface area contributed by atoms with E-state index >= 15 is 0 Å². The lowest BCUT2D eigenvalue weighted by atomic mass is 10.2. The van der Waals surface area contributed by atoms with Gasteiger partial charge in [-0.1, -0.05) is 30.3 Å². The third-order valence-electron chi connectivity index (χ3n) is 3.05. The Kier molecular flexibility index (Phi) is 4.81. The van der Waals surface area contributed by atoms with E-state index in [0.717, 1.165) is 24.5 Å². The van der Waals surface area contributed by atoms with E-state index in [9.17, 15) is 0 Å². The number of hydrogen-bond acceptors (Lipinski definition) is 3. The molecule has 0 fully saturated rings. The Labute approximate surface area is 114 Å². The Balaban J connectivity index is 2.14. The van der Waals surface area contributed by atoms with Crippen molar-refractivity contribution in [2.24, 2.45) is 5.73 Å². The number of nitrogens with two attached hydrogens (primary N) is 1. The highest BCUT2D eigenvalue weighted by atomic mass is 16.5. The highest BCUT2D eigenvalue weighted by Crippen LogP contribution is 2.20. The third kappa shape index (κ3) is 3.73. The minimum absolute atomic E-state index is 0.638. The third-order valence-corrected chi connectivity index (χ3v) is 3.05. The summed E-state index contributed by atoms with van der Waals surface area (Å²) in [5.41, 5.74) is 8.16. The van der Waals surface area contributed by atoms with Crippen LogP contribution in [-0.4, -0.2) is 20.2 Å². The van der Waals surface area contributed by atoms with Gasteiger partial charge in [0.2, 0.25) is 0 Å². The summed E-state index contributed by atoms with van der Waals surface area (Å²) >= 11 is 0. The average Bonchev–Trinajstić information content (AvgIpc) is 2.48. The van der Waals surface area contributed by atoms with Gasteiger partial charge >= 0.3 is 0 Å². The van der Waals surface area contributed by atoms with Gasteiger partial charge in [0.15, 0.2) is 0 Å². The molecule has 0 radical (unpaired) electrons. The van der Waals surface area contributed by atoms with Gasteiger partial charge in [-0.3, -0.25) is 0 Å². The van der Waals surface area contributed by atoms with Crippen molar-refractivity contribution in [2.45, 2.75) is 6.54 Å². The Morgan fingerprint density at radius 1 is 1.00 bits per heavy atom. The maximum Gasteiger partial charge on any atom is 0.119 e. The van der Waals surface area contributed by atoms with E-state index in [1.54, 1.807) is 7.11 Å². The molecule has 0 unspecified atom stereocenters. The van der Waals surface area contributed by atoms with Crippen LogP contribution in [0.2, 0.25) is 0 Å². The molecule has 0 atom stereocenters. The lowest BCUT2D eigenvalue weighted by Crippen LogP contribution is -2.28. The molecule has 2 N–H and O–H groups in total. The normalized spacial score (nSPS) is 10.2. The minimum Gasteiger partial charge on any atom is -0.497 e. The van der Waals surface area contributed by atoms with Crippen molar-refractivity contribution in [3.8, 4) is 5.75 Å². The SMILES string of the molecule is COc1ccc(N(CCN)Cc2ccccc2)cc1. The molecule has 0 bridgehead atoms. The molecule has 3 nitrogen and oxygen atoms in total. The van der Waals surface area contributed by atoms with Crippen molar-refractivity contribution < 1.29 is 4.74 Å². The van der Waals surface area contributed by atoms with Gasteiger partial charge in [0.05, 0.1) is 7.11 Å². The number of anilines is 1. The van der Waals surface area contributed by atoms with Crippen molar-refractivity contribution in [2.75, 3.05) is 25.1 Å². The Morgan fingerprint density at radius 2 is 1.68 bits per heavy atom. The number of rotatable bonds is 6. The molecule has 0 heterocycles. The fourth-order valence-electron chi connectivity index (χ4n) is 2.05. The number of ether oxygens (including phenoxy) is 1. The molecule has 19 heavy (non-hydrogen) atoms. The molecule has 0 aliphatic carbocycles. The number of methoxy groups -OCH3 is 1. The standard InChI is InChI=1S/C16H20N2O/c1-19-16-9-7-15(8-10-16)18(12-11-17)13-14-5-3-2-4-6-14/h2-10H,11-13,17H2,1H3. The lowest BCUT2D eigenvalue weighted by molar-refractivity contribution is 0.415. The molecule has 0 aromatic heterocycles. The maximum absolute atomic E-state index is 5.71. The van der Waals surface area contributed by atoms with Crippen LogP contribution in [-0.2, 0) is 6.54 Å². The Hall–Kier alpha value is -2.00. The summed E-state index contributed by atoms with van der Waals surface area (Å²) in [5.74, 6) is 0.871. The second-order valence-corrected chi connectivity index (χ2v) is 4.39. The largest absolute Gasteiger partial charge is 0.497 e. The van der Waals surface area contributed by atoms with E-state index < -0.39 is 0 Å². The monoisotopic (exact) mass is 256 g/mol. The maximum atomic E-state index is 5.71. The van der Waals surface area contributed by atoms with Gasteiger partial charge in [-0.25, -0.2) is 0 Å². The zero-order valence-corrected chi connectivity index (χ0v) is 11.3. The van der Waals surface area contributed by atoms with Gasteiger partial charge in [-0.15, -0.1) is 0 Å². The first kappa shape index (κ1) is 13.4. The molecular weight excluding hydrogens is 236 g/mol. The van der Waals surface area contributed by atoms with Gasteiger partial charge in [0.25, 0.3) is 0 Å².